The molecule has 2 atom stereocenters. The Balaban J connectivity index is 1.17. The Labute approximate surface area is 306 Å². The standard InChI is InChI=1S/C47H46N2P2/c1-46(2)47(3)32-33-49(46)45(35-37-21-17-19-31-43(37)51(40-26-12-6-13-27-40)41-28-14-7-15-29-41)48-44(47)34-36-20-16-18-30-42(36)50(38-22-8-4-9-23-38)39-24-10-5-11-25-39/h4-31,44H,32-35H2,1-3H3/p+1. The van der Waals surface area contributed by atoms with E-state index in [4.69, 9.17) is 0 Å². The summed E-state index contributed by atoms with van der Waals surface area (Å²) in [6.07, 6.45) is 3.07. The van der Waals surface area contributed by atoms with Crippen molar-refractivity contribution in [2.24, 2.45) is 5.41 Å². The Bertz CT molecular complexity index is 2050. The molecular weight excluding hydrogens is 654 g/mol. The van der Waals surface area contributed by atoms with Gasteiger partial charge >= 0.3 is 0 Å². The van der Waals surface area contributed by atoms with Crippen LogP contribution >= 0.6 is 15.8 Å². The number of hydrogen-bond acceptors (Lipinski definition) is 1. The van der Waals surface area contributed by atoms with E-state index in [2.05, 4.69) is 201 Å². The van der Waals surface area contributed by atoms with Gasteiger partial charge in [0, 0.05) is 6.42 Å². The highest BCUT2D eigenvalue weighted by atomic mass is 31.1. The second-order valence-electron chi connectivity index (χ2n) is 14.7. The zero-order chi connectivity index (χ0) is 34.8. The molecule has 4 heteroatoms. The molecular formula is C47H47N2P2+. The van der Waals surface area contributed by atoms with Gasteiger partial charge in [0.25, 0.3) is 0 Å². The molecule has 0 spiro atoms. The van der Waals surface area contributed by atoms with Crippen LogP contribution in [0.1, 0.15) is 38.3 Å². The summed E-state index contributed by atoms with van der Waals surface area (Å²) in [4.78, 5) is 0. The Morgan fingerprint density at radius 2 is 0.922 bits per heavy atom. The first-order valence-electron chi connectivity index (χ1n) is 18.3. The van der Waals surface area contributed by atoms with Gasteiger partial charge in [0.05, 0.1) is 18.4 Å². The summed E-state index contributed by atoms with van der Waals surface area (Å²) in [5, 5.41) is 12.8. The molecule has 2 heterocycles. The zero-order valence-electron chi connectivity index (χ0n) is 29.9. The molecule has 2 bridgehead atoms. The topological polar surface area (TPSA) is 15.0 Å². The largest absolute Gasteiger partial charge is 0.274 e. The smallest absolute Gasteiger partial charge is 0.249 e. The lowest BCUT2D eigenvalue weighted by Gasteiger charge is -2.45. The number of nitrogens with zero attached hydrogens (tertiary/aromatic N) is 1. The van der Waals surface area contributed by atoms with E-state index >= 15 is 0 Å². The molecule has 6 aromatic rings. The monoisotopic (exact) mass is 701 g/mol. The minimum Gasteiger partial charge on any atom is -0.274 e. The van der Waals surface area contributed by atoms with E-state index in [0.717, 1.165) is 19.4 Å². The van der Waals surface area contributed by atoms with Crippen molar-refractivity contribution in [3.05, 3.63) is 181 Å². The molecule has 2 nitrogen and oxygen atoms in total. The lowest BCUT2D eigenvalue weighted by molar-refractivity contribution is -0.596. The molecule has 2 aliphatic heterocycles. The molecule has 8 rings (SSSR count). The van der Waals surface area contributed by atoms with E-state index in [1.807, 2.05) is 0 Å². The first kappa shape index (κ1) is 33.8. The fraction of sp³-hybridized carbons (Fsp3) is 0.213. The van der Waals surface area contributed by atoms with Gasteiger partial charge in [-0.2, -0.15) is 0 Å². The summed E-state index contributed by atoms with van der Waals surface area (Å²) >= 11 is 0. The van der Waals surface area contributed by atoms with Crippen LogP contribution in [-0.4, -0.2) is 28.5 Å². The summed E-state index contributed by atoms with van der Waals surface area (Å²) in [6.45, 7) is 8.61. The van der Waals surface area contributed by atoms with Crippen LogP contribution in [0, 0.1) is 5.41 Å². The first-order valence-corrected chi connectivity index (χ1v) is 21.0. The van der Waals surface area contributed by atoms with E-state index < -0.39 is 15.8 Å². The van der Waals surface area contributed by atoms with Gasteiger partial charge in [-0.1, -0.05) is 177 Å². The molecule has 51 heavy (non-hydrogen) atoms. The summed E-state index contributed by atoms with van der Waals surface area (Å²) < 4.78 is 2.71. The maximum absolute atomic E-state index is 4.26. The molecule has 0 aromatic heterocycles. The van der Waals surface area contributed by atoms with Crippen molar-refractivity contribution in [1.82, 2.24) is 5.32 Å². The lowest BCUT2D eigenvalue weighted by atomic mass is 9.66. The Morgan fingerprint density at radius 3 is 1.39 bits per heavy atom. The van der Waals surface area contributed by atoms with Crippen LogP contribution in [0.25, 0.3) is 0 Å². The van der Waals surface area contributed by atoms with Crippen LogP contribution in [0.5, 0.6) is 0 Å². The fourth-order valence-corrected chi connectivity index (χ4v) is 13.5. The lowest BCUT2D eigenvalue weighted by Crippen LogP contribution is -2.64. The summed E-state index contributed by atoms with van der Waals surface area (Å²) in [5.74, 6) is 1.37. The predicted octanol–water partition coefficient (Wildman–Crippen LogP) is 7.56. The van der Waals surface area contributed by atoms with Crippen molar-refractivity contribution < 1.29 is 4.58 Å². The third-order valence-corrected chi connectivity index (χ3v) is 16.8. The van der Waals surface area contributed by atoms with Gasteiger partial charge < -0.3 is 0 Å². The first-order chi connectivity index (χ1) is 24.9. The quantitative estimate of drug-likeness (QED) is 0.115. The molecule has 1 fully saturated rings. The number of rotatable bonds is 10. The third kappa shape index (κ3) is 6.39. The number of fused-ring (bicyclic) bond motifs is 2. The highest BCUT2D eigenvalue weighted by molar-refractivity contribution is 7.80. The van der Waals surface area contributed by atoms with Crippen molar-refractivity contribution in [2.75, 3.05) is 6.54 Å². The van der Waals surface area contributed by atoms with Crippen LogP contribution in [0.4, 0.5) is 0 Å². The van der Waals surface area contributed by atoms with Crippen molar-refractivity contribution >= 4 is 53.5 Å². The van der Waals surface area contributed by atoms with Crippen molar-refractivity contribution in [1.29, 1.82) is 0 Å². The van der Waals surface area contributed by atoms with Crippen LogP contribution in [0.15, 0.2) is 170 Å². The number of amidine groups is 1. The third-order valence-electron chi connectivity index (χ3n) is 11.7. The van der Waals surface area contributed by atoms with E-state index in [9.17, 15) is 0 Å². The number of nitrogens with one attached hydrogen (secondary N) is 1. The molecule has 6 aromatic carbocycles. The highest BCUT2D eigenvalue weighted by Gasteiger charge is 2.61. The Hall–Kier alpha value is -4.35. The van der Waals surface area contributed by atoms with Crippen LogP contribution in [0.2, 0.25) is 0 Å². The van der Waals surface area contributed by atoms with E-state index in [1.165, 1.54) is 55.2 Å². The molecule has 2 unspecified atom stereocenters. The van der Waals surface area contributed by atoms with Crippen LogP contribution < -0.4 is 37.1 Å². The maximum atomic E-state index is 4.26. The fourth-order valence-electron chi connectivity index (χ4n) is 8.51. The van der Waals surface area contributed by atoms with Crippen LogP contribution in [-0.2, 0) is 12.8 Å². The van der Waals surface area contributed by atoms with Crippen molar-refractivity contribution in [3.8, 4) is 0 Å². The minimum absolute atomic E-state index is 0.0231. The van der Waals surface area contributed by atoms with Gasteiger partial charge in [0.1, 0.15) is 11.6 Å². The normalized spacial score (nSPS) is 19.4. The minimum atomic E-state index is -0.700. The SMILES string of the molecule is CC12CC[N+](=C(Cc3ccccc3P(c3ccccc3)c3ccccc3)NC1Cc1ccccc1P(c1ccccc1)c1ccccc1)C2(C)C. The summed E-state index contributed by atoms with van der Waals surface area (Å²) in [7, 11) is -1.39. The number of benzene rings is 6. The molecule has 0 saturated carbocycles. The van der Waals surface area contributed by atoms with Gasteiger partial charge in [-0.15, -0.1) is 0 Å². The van der Waals surface area contributed by atoms with Crippen LogP contribution in [0.3, 0.4) is 0 Å². The highest BCUT2D eigenvalue weighted by Crippen LogP contribution is 2.49. The van der Waals surface area contributed by atoms with Gasteiger partial charge in [0.2, 0.25) is 5.84 Å². The second kappa shape index (κ2) is 14.3. The number of hydrogen-bond donors (Lipinski definition) is 1. The average molecular weight is 702 g/mol. The second-order valence-corrected chi connectivity index (χ2v) is 19.0. The van der Waals surface area contributed by atoms with Gasteiger partial charge in [-0.05, 0) is 79.1 Å². The molecule has 2 aliphatic rings. The summed E-state index contributed by atoms with van der Waals surface area (Å²) in [5.41, 5.74) is 3.02. The molecule has 0 radical (unpaired) electrons. The van der Waals surface area contributed by atoms with E-state index in [0.29, 0.717) is 6.04 Å². The van der Waals surface area contributed by atoms with E-state index in [1.54, 1.807) is 0 Å². The van der Waals surface area contributed by atoms with Gasteiger partial charge in [-0.3, -0.25) is 9.89 Å². The molecule has 254 valence electrons. The van der Waals surface area contributed by atoms with Crippen molar-refractivity contribution in [2.45, 2.75) is 51.6 Å². The summed E-state index contributed by atoms with van der Waals surface area (Å²) in [6, 6.07) is 63.3. The van der Waals surface area contributed by atoms with Gasteiger partial charge in [-0.25, -0.2) is 0 Å². The van der Waals surface area contributed by atoms with Gasteiger partial charge in [0.15, 0.2) is 0 Å². The average Bonchev–Trinajstić information content (AvgIpc) is 3.32. The van der Waals surface area contributed by atoms with E-state index in [-0.39, 0.29) is 11.0 Å². The molecule has 0 aliphatic carbocycles. The molecule has 0 amide bonds. The zero-order valence-corrected chi connectivity index (χ0v) is 31.7. The predicted molar refractivity (Wildman–Crippen MR) is 222 cm³/mol. The Morgan fingerprint density at radius 1 is 0.529 bits per heavy atom. The molecule has 1 N–H and O–H groups in total. The van der Waals surface area contributed by atoms with Crippen molar-refractivity contribution in [3.63, 3.8) is 0 Å². The molecule has 1 saturated heterocycles. The maximum Gasteiger partial charge on any atom is 0.249 e. The Kier molecular flexibility index (Phi) is 9.50.